The summed E-state index contributed by atoms with van der Waals surface area (Å²) in [5, 5.41) is 32.1. The van der Waals surface area contributed by atoms with E-state index in [0.717, 1.165) is 6.07 Å². The third kappa shape index (κ3) is 3.45. The van der Waals surface area contributed by atoms with Gasteiger partial charge < -0.3 is 20.1 Å². The number of phenols is 3. The maximum atomic E-state index is 11.9. The first-order valence-corrected chi connectivity index (χ1v) is 6.23. The van der Waals surface area contributed by atoms with Crippen LogP contribution in [0.1, 0.15) is 15.9 Å². The van der Waals surface area contributed by atoms with Crippen LogP contribution in [0, 0.1) is 0 Å². The number of ether oxygens (including phenoxy) is 1. The predicted octanol–water partition coefficient (Wildman–Crippen LogP) is 1.58. The van der Waals surface area contributed by atoms with E-state index in [-0.39, 0.29) is 22.8 Å². The summed E-state index contributed by atoms with van der Waals surface area (Å²) in [6.45, 7) is 0. The van der Waals surface area contributed by atoms with E-state index in [0.29, 0.717) is 11.3 Å². The van der Waals surface area contributed by atoms with Crippen LogP contribution in [0.5, 0.6) is 23.0 Å². The Labute approximate surface area is 126 Å². The topological polar surface area (TPSA) is 111 Å². The van der Waals surface area contributed by atoms with Crippen molar-refractivity contribution in [3.05, 3.63) is 47.5 Å². The zero-order valence-electron chi connectivity index (χ0n) is 11.6. The maximum absolute atomic E-state index is 11.9. The molecule has 22 heavy (non-hydrogen) atoms. The Balaban J connectivity index is 2.08. The van der Waals surface area contributed by atoms with Gasteiger partial charge in [0, 0.05) is 17.7 Å². The lowest BCUT2D eigenvalue weighted by Crippen LogP contribution is -2.17. The quantitative estimate of drug-likeness (QED) is 0.506. The fraction of sp³-hybridized carbons (Fsp3) is 0.0667. The SMILES string of the molecule is COc1ccc(C(=O)N/N=C\c2ccc(O)cc2O)c(O)c1. The number of methoxy groups -OCH3 is 1. The highest BCUT2D eigenvalue weighted by Crippen LogP contribution is 2.23. The zero-order chi connectivity index (χ0) is 16.1. The van der Waals surface area contributed by atoms with E-state index >= 15 is 0 Å². The van der Waals surface area contributed by atoms with Gasteiger partial charge >= 0.3 is 0 Å². The molecule has 0 heterocycles. The van der Waals surface area contributed by atoms with Gasteiger partial charge in [0.25, 0.3) is 5.91 Å². The summed E-state index contributed by atoms with van der Waals surface area (Å²) < 4.78 is 4.92. The molecule has 114 valence electrons. The monoisotopic (exact) mass is 302 g/mol. The van der Waals surface area contributed by atoms with E-state index in [1.54, 1.807) is 0 Å². The van der Waals surface area contributed by atoms with E-state index in [1.165, 1.54) is 43.7 Å². The molecule has 0 bridgehead atoms. The molecule has 0 radical (unpaired) electrons. The lowest BCUT2D eigenvalue weighted by Gasteiger charge is -2.05. The summed E-state index contributed by atoms with van der Waals surface area (Å²) in [5.74, 6) is -0.687. The molecule has 0 aliphatic carbocycles. The van der Waals surface area contributed by atoms with Crippen molar-refractivity contribution in [3.8, 4) is 23.0 Å². The second kappa shape index (κ2) is 6.49. The molecule has 0 unspecified atom stereocenters. The first-order valence-electron chi connectivity index (χ1n) is 6.23. The minimum absolute atomic E-state index is 0.0351. The number of hydrogen-bond donors (Lipinski definition) is 4. The van der Waals surface area contributed by atoms with Crippen LogP contribution in [0.3, 0.4) is 0 Å². The number of hydrazone groups is 1. The fourth-order valence-electron chi connectivity index (χ4n) is 1.69. The number of phenolic OH excluding ortho intramolecular Hbond substituents is 3. The number of carbonyl (C=O) groups excluding carboxylic acids is 1. The molecule has 1 amide bonds. The van der Waals surface area contributed by atoms with Crippen LogP contribution >= 0.6 is 0 Å². The van der Waals surface area contributed by atoms with E-state index < -0.39 is 5.91 Å². The average molecular weight is 302 g/mol. The van der Waals surface area contributed by atoms with Gasteiger partial charge in [-0.3, -0.25) is 4.79 Å². The molecule has 0 saturated heterocycles. The molecule has 2 rings (SSSR count). The molecule has 0 saturated carbocycles. The third-order valence-electron chi connectivity index (χ3n) is 2.83. The van der Waals surface area contributed by atoms with Gasteiger partial charge in [-0.15, -0.1) is 0 Å². The summed E-state index contributed by atoms with van der Waals surface area (Å²) in [7, 11) is 1.45. The highest BCUT2D eigenvalue weighted by molar-refractivity contribution is 5.97. The van der Waals surface area contributed by atoms with Gasteiger partial charge in [0.15, 0.2) is 0 Å². The lowest BCUT2D eigenvalue weighted by atomic mass is 10.2. The van der Waals surface area contributed by atoms with Crippen LogP contribution in [0.25, 0.3) is 0 Å². The second-order valence-corrected chi connectivity index (χ2v) is 4.33. The smallest absolute Gasteiger partial charge is 0.275 e. The predicted molar refractivity (Wildman–Crippen MR) is 79.5 cm³/mol. The third-order valence-corrected chi connectivity index (χ3v) is 2.83. The normalized spacial score (nSPS) is 10.6. The number of hydrogen-bond acceptors (Lipinski definition) is 6. The number of carbonyl (C=O) groups is 1. The molecule has 7 nitrogen and oxygen atoms in total. The van der Waals surface area contributed by atoms with E-state index in [4.69, 9.17) is 9.84 Å². The van der Waals surface area contributed by atoms with Gasteiger partial charge in [-0.25, -0.2) is 5.43 Å². The Hall–Kier alpha value is -3.22. The fourth-order valence-corrected chi connectivity index (χ4v) is 1.69. The second-order valence-electron chi connectivity index (χ2n) is 4.33. The van der Waals surface area contributed by atoms with Crippen molar-refractivity contribution in [2.75, 3.05) is 7.11 Å². The number of nitrogens with one attached hydrogen (secondary N) is 1. The largest absolute Gasteiger partial charge is 0.508 e. The van der Waals surface area contributed by atoms with Crippen molar-refractivity contribution in [1.82, 2.24) is 5.43 Å². The first kappa shape index (κ1) is 15.2. The molecule has 7 heteroatoms. The average Bonchev–Trinajstić information content (AvgIpc) is 2.49. The summed E-state index contributed by atoms with van der Waals surface area (Å²) >= 11 is 0. The van der Waals surface area contributed by atoms with Gasteiger partial charge in [0.05, 0.1) is 18.9 Å². The number of amides is 1. The molecule has 0 fully saturated rings. The number of rotatable bonds is 4. The Morgan fingerprint density at radius 2 is 1.91 bits per heavy atom. The molecule has 0 spiro atoms. The van der Waals surface area contributed by atoms with Gasteiger partial charge in [-0.05, 0) is 24.3 Å². The number of nitrogens with zero attached hydrogens (tertiary/aromatic N) is 1. The Morgan fingerprint density at radius 1 is 1.14 bits per heavy atom. The van der Waals surface area contributed by atoms with Crippen LogP contribution < -0.4 is 10.2 Å². The van der Waals surface area contributed by atoms with Crippen LogP contribution in [-0.4, -0.2) is 34.6 Å². The highest BCUT2D eigenvalue weighted by atomic mass is 16.5. The van der Waals surface area contributed by atoms with E-state index in [9.17, 15) is 15.0 Å². The molecule has 2 aromatic rings. The molecule has 0 aliphatic heterocycles. The molecule has 4 N–H and O–H groups in total. The van der Waals surface area contributed by atoms with Crippen molar-refractivity contribution in [2.45, 2.75) is 0 Å². The lowest BCUT2D eigenvalue weighted by molar-refractivity contribution is 0.0952. The van der Waals surface area contributed by atoms with Gasteiger partial charge in [0.1, 0.15) is 23.0 Å². The molecular formula is C15H14N2O5. The highest BCUT2D eigenvalue weighted by Gasteiger charge is 2.11. The Bertz CT molecular complexity index is 728. The standard InChI is InChI=1S/C15H14N2O5/c1-22-11-4-5-12(14(20)7-11)15(21)17-16-8-9-2-3-10(18)6-13(9)19/h2-8,18-20H,1H3,(H,17,21)/b16-8-. The summed E-state index contributed by atoms with van der Waals surface area (Å²) in [4.78, 5) is 11.9. The van der Waals surface area contributed by atoms with Crippen LogP contribution in [-0.2, 0) is 0 Å². The van der Waals surface area contributed by atoms with Gasteiger partial charge in [0.2, 0.25) is 0 Å². The minimum Gasteiger partial charge on any atom is -0.508 e. The minimum atomic E-state index is -0.616. The molecule has 2 aromatic carbocycles. The molecule has 0 aliphatic rings. The molecule has 0 atom stereocenters. The van der Waals surface area contributed by atoms with Crippen molar-refractivity contribution < 1.29 is 24.9 Å². The summed E-state index contributed by atoms with van der Waals surface area (Å²) in [6.07, 6.45) is 1.22. The van der Waals surface area contributed by atoms with Gasteiger partial charge in [-0.1, -0.05) is 0 Å². The Morgan fingerprint density at radius 3 is 2.55 bits per heavy atom. The number of benzene rings is 2. The van der Waals surface area contributed by atoms with Gasteiger partial charge in [-0.2, -0.15) is 5.10 Å². The van der Waals surface area contributed by atoms with Crippen molar-refractivity contribution in [2.24, 2.45) is 5.10 Å². The number of aromatic hydroxyl groups is 3. The molecule has 0 aromatic heterocycles. The van der Waals surface area contributed by atoms with Crippen molar-refractivity contribution in [1.29, 1.82) is 0 Å². The summed E-state index contributed by atoms with van der Waals surface area (Å²) in [5.41, 5.74) is 2.58. The van der Waals surface area contributed by atoms with Crippen LogP contribution in [0.4, 0.5) is 0 Å². The van der Waals surface area contributed by atoms with Crippen molar-refractivity contribution in [3.63, 3.8) is 0 Å². The summed E-state index contributed by atoms with van der Waals surface area (Å²) in [6, 6.07) is 8.20. The maximum Gasteiger partial charge on any atom is 0.275 e. The zero-order valence-corrected chi connectivity index (χ0v) is 11.6. The Kier molecular flexibility index (Phi) is 4.47. The van der Waals surface area contributed by atoms with Crippen molar-refractivity contribution >= 4 is 12.1 Å². The first-order chi connectivity index (χ1) is 10.5. The van der Waals surface area contributed by atoms with Crippen LogP contribution in [0.15, 0.2) is 41.5 Å². The van der Waals surface area contributed by atoms with Crippen LogP contribution in [0.2, 0.25) is 0 Å². The van der Waals surface area contributed by atoms with E-state index in [2.05, 4.69) is 10.5 Å². The molecular weight excluding hydrogens is 288 g/mol. The van der Waals surface area contributed by atoms with E-state index in [1.807, 2.05) is 0 Å².